The first-order valence-electron chi connectivity index (χ1n) is 8.42. The number of halogens is 8. The van der Waals surface area contributed by atoms with Gasteiger partial charge in [-0.3, -0.25) is 4.55 Å². The van der Waals surface area contributed by atoms with Crippen LogP contribution in [0.25, 0.3) is 0 Å². The van der Waals surface area contributed by atoms with Crippen LogP contribution in [0.3, 0.4) is 0 Å². The van der Waals surface area contributed by atoms with E-state index in [2.05, 4.69) is 4.74 Å². The smallest absolute Gasteiger partial charge is 0.382 e. The molecule has 0 aliphatic carbocycles. The average Bonchev–Trinajstić information content (AvgIpc) is 2.60. The van der Waals surface area contributed by atoms with Crippen molar-refractivity contribution in [3.05, 3.63) is 0 Å². The molecule has 0 bridgehead atoms. The maximum atomic E-state index is 13.5. The monoisotopic (exact) mass is 502 g/mol. The Morgan fingerprint density at radius 2 is 1.13 bits per heavy atom. The SMILES string of the molecule is COCCOCCOCCOCCCC(F)(F)C(F)(F)OC(F)(F)C(F)(F)S(=O)(=O)O. The van der Waals surface area contributed by atoms with E-state index in [0.29, 0.717) is 13.2 Å². The number of rotatable bonds is 18. The van der Waals surface area contributed by atoms with Gasteiger partial charge in [-0.15, -0.1) is 0 Å². The fourth-order valence-electron chi connectivity index (χ4n) is 1.67. The van der Waals surface area contributed by atoms with Crippen molar-refractivity contribution in [3.8, 4) is 0 Å². The van der Waals surface area contributed by atoms with Crippen molar-refractivity contribution in [1.82, 2.24) is 0 Å². The Bertz CT molecular complexity index is 617. The predicted octanol–water partition coefficient (Wildman–Crippen LogP) is 2.78. The van der Waals surface area contributed by atoms with Crippen molar-refractivity contribution in [2.24, 2.45) is 0 Å². The minimum absolute atomic E-state index is 0.000238. The van der Waals surface area contributed by atoms with Gasteiger partial charge in [0, 0.05) is 20.1 Å². The van der Waals surface area contributed by atoms with Gasteiger partial charge in [-0.2, -0.15) is 43.5 Å². The molecular formula is C14H22F8O8S. The fourth-order valence-corrected chi connectivity index (χ4v) is 2.01. The highest BCUT2D eigenvalue weighted by Gasteiger charge is 2.73. The zero-order chi connectivity index (χ0) is 24.4. The van der Waals surface area contributed by atoms with E-state index in [0.717, 1.165) is 0 Å². The van der Waals surface area contributed by atoms with Gasteiger partial charge in [0.15, 0.2) is 0 Å². The van der Waals surface area contributed by atoms with E-state index in [1.54, 1.807) is 0 Å². The highest BCUT2D eigenvalue weighted by atomic mass is 32.2. The first-order chi connectivity index (χ1) is 14.0. The third kappa shape index (κ3) is 9.67. The molecule has 0 unspecified atom stereocenters. The molecule has 17 heteroatoms. The van der Waals surface area contributed by atoms with Crippen LogP contribution in [0.4, 0.5) is 35.1 Å². The lowest BCUT2D eigenvalue weighted by atomic mass is 10.2. The molecule has 0 radical (unpaired) electrons. The summed E-state index contributed by atoms with van der Waals surface area (Å²) in [5.74, 6) is -5.40. The van der Waals surface area contributed by atoms with Crippen molar-refractivity contribution in [1.29, 1.82) is 0 Å². The van der Waals surface area contributed by atoms with Gasteiger partial charge in [-0.1, -0.05) is 0 Å². The molecule has 31 heavy (non-hydrogen) atoms. The maximum absolute atomic E-state index is 13.5. The summed E-state index contributed by atoms with van der Waals surface area (Å²) >= 11 is 0. The normalized spacial score (nSPS) is 14.3. The maximum Gasteiger partial charge on any atom is 0.460 e. The summed E-state index contributed by atoms with van der Waals surface area (Å²) in [6, 6.07) is 0. The van der Waals surface area contributed by atoms with E-state index >= 15 is 0 Å². The first-order valence-corrected chi connectivity index (χ1v) is 9.86. The lowest BCUT2D eigenvalue weighted by molar-refractivity contribution is -0.456. The van der Waals surface area contributed by atoms with Gasteiger partial charge >= 0.3 is 33.5 Å². The van der Waals surface area contributed by atoms with E-state index < -0.39 is 53.0 Å². The van der Waals surface area contributed by atoms with Crippen LogP contribution in [0.1, 0.15) is 12.8 Å². The van der Waals surface area contributed by atoms with Crippen LogP contribution in [-0.4, -0.2) is 89.7 Å². The van der Waals surface area contributed by atoms with Crippen LogP contribution < -0.4 is 0 Å². The lowest BCUT2D eigenvalue weighted by Gasteiger charge is -2.31. The second kappa shape index (κ2) is 12.4. The van der Waals surface area contributed by atoms with Crippen molar-refractivity contribution in [3.63, 3.8) is 0 Å². The Kier molecular flexibility index (Phi) is 12.1. The molecule has 0 fully saturated rings. The lowest BCUT2D eigenvalue weighted by Crippen LogP contribution is -2.55. The standard InChI is InChI=1S/C14H22F8O8S/c1-26-5-6-28-9-10-29-8-7-27-4-2-3-11(15,16)12(17,18)30-13(19,20)14(21,22)31(23,24)25/h2-10H2,1H3,(H,23,24,25). The van der Waals surface area contributed by atoms with E-state index in [1.165, 1.54) is 7.11 Å². The Morgan fingerprint density at radius 1 is 0.710 bits per heavy atom. The Morgan fingerprint density at radius 3 is 1.55 bits per heavy atom. The van der Waals surface area contributed by atoms with Crippen LogP contribution in [0.15, 0.2) is 0 Å². The number of ether oxygens (including phenoxy) is 5. The van der Waals surface area contributed by atoms with Crippen molar-refractivity contribution in [2.75, 3.05) is 53.4 Å². The second-order valence-corrected chi connectivity index (χ2v) is 7.23. The summed E-state index contributed by atoms with van der Waals surface area (Å²) in [5, 5.41) is -6.60. The third-order valence-corrected chi connectivity index (χ3v) is 4.19. The average molecular weight is 502 g/mol. The third-order valence-electron chi connectivity index (χ3n) is 3.30. The van der Waals surface area contributed by atoms with Gasteiger partial charge in [0.05, 0.1) is 39.6 Å². The van der Waals surface area contributed by atoms with Crippen LogP contribution in [0.5, 0.6) is 0 Å². The van der Waals surface area contributed by atoms with E-state index in [1.807, 2.05) is 0 Å². The number of hydrogen-bond acceptors (Lipinski definition) is 7. The molecule has 0 amide bonds. The molecule has 188 valence electrons. The molecule has 0 aliphatic rings. The highest BCUT2D eigenvalue weighted by molar-refractivity contribution is 7.86. The van der Waals surface area contributed by atoms with E-state index in [-0.39, 0.29) is 26.4 Å². The van der Waals surface area contributed by atoms with Crippen LogP contribution in [-0.2, 0) is 33.8 Å². The molecule has 0 aromatic carbocycles. The molecule has 0 aromatic heterocycles. The number of alkyl halides is 8. The predicted molar refractivity (Wildman–Crippen MR) is 86.0 cm³/mol. The van der Waals surface area contributed by atoms with Crippen LogP contribution in [0.2, 0.25) is 0 Å². The molecular weight excluding hydrogens is 480 g/mol. The molecule has 0 spiro atoms. The van der Waals surface area contributed by atoms with Gasteiger partial charge in [0.2, 0.25) is 0 Å². The summed E-state index contributed by atoms with van der Waals surface area (Å²) < 4.78 is 155. The molecule has 0 saturated carbocycles. The van der Waals surface area contributed by atoms with Crippen molar-refractivity contribution in [2.45, 2.75) is 36.2 Å². The zero-order valence-corrected chi connectivity index (χ0v) is 16.9. The summed E-state index contributed by atoms with van der Waals surface area (Å²) in [7, 11) is -5.46. The minimum atomic E-state index is -6.95. The summed E-state index contributed by atoms with van der Waals surface area (Å²) in [6.07, 6.45) is -15.5. The molecule has 0 rings (SSSR count). The molecule has 8 nitrogen and oxygen atoms in total. The Balaban J connectivity index is 4.35. The summed E-state index contributed by atoms with van der Waals surface area (Å²) in [6.45, 7) is 0.478. The Labute approximate surface area is 172 Å². The van der Waals surface area contributed by atoms with Gasteiger partial charge in [0.25, 0.3) is 0 Å². The summed E-state index contributed by atoms with van der Waals surface area (Å²) in [4.78, 5) is 0. The molecule has 0 saturated heterocycles. The van der Waals surface area contributed by atoms with E-state index in [4.69, 9.17) is 23.5 Å². The largest absolute Gasteiger partial charge is 0.460 e. The van der Waals surface area contributed by atoms with Gasteiger partial charge in [-0.05, 0) is 6.42 Å². The molecule has 0 heterocycles. The number of hydrogen-bond donors (Lipinski definition) is 1. The van der Waals surface area contributed by atoms with Gasteiger partial charge in [-0.25, -0.2) is 4.74 Å². The highest BCUT2D eigenvalue weighted by Crippen LogP contribution is 2.47. The molecule has 1 N–H and O–H groups in total. The molecule has 0 aliphatic heterocycles. The van der Waals surface area contributed by atoms with Crippen molar-refractivity contribution >= 4 is 10.1 Å². The fraction of sp³-hybridized carbons (Fsp3) is 1.00. The van der Waals surface area contributed by atoms with Crippen molar-refractivity contribution < 1.29 is 71.8 Å². The second-order valence-electron chi connectivity index (χ2n) is 5.77. The first kappa shape index (κ1) is 30.1. The zero-order valence-electron chi connectivity index (χ0n) is 16.1. The van der Waals surface area contributed by atoms with Gasteiger partial charge in [0.1, 0.15) is 0 Å². The minimum Gasteiger partial charge on any atom is -0.382 e. The van der Waals surface area contributed by atoms with Crippen LogP contribution >= 0.6 is 0 Å². The quantitative estimate of drug-likeness (QED) is 0.174. The number of methoxy groups -OCH3 is 1. The molecule has 0 aromatic rings. The Hall–Kier alpha value is -0.850. The van der Waals surface area contributed by atoms with Crippen LogP contribution in [0, 0.1) is 0 Å². The molecule has 0 atom stereocenters. The van der Waals surface area contributed by atoms with Gasteiger partial charge < -0.3 is 18.9 Å². The summed E-state index contributed by atoms with van der Waals surface area (Å²) in [5.41, 5.74) is 0. The topological polar surface area (TPSA) is 101 Å². The van der Waals surface area contributed by atoms with E-state index in [9.17, 15) is 43.5 Å².